The van der Waals surface area contributed by atoms with E-state index in [9.17, 15) is 9.13 Å². The second-order valence-corrected chi connectivity index (χ2v) is 6.98. The molecule has 8 heteroatoms. The molecular formula is C6H16O6P2. The average Bonchev–Trinajstić information content (AvgIpc) is 1.93. The van der Waals surface area contributed by atoms with Crippen molar-refractivity contribution in [2.75, 3.05) is 12.5 Å². The minimum absolute atomic E-state index is 0.0572. The second-order valence-electron chi connectivity index (χ2n) is 2.98. The van der Waals surface area contributed by atoms with Crippen LogP contribution in [0.4, 0.5) is 0 Å². The predicted molar refractivity (Wildman–Crippen MR) is 52.2 cm³/mol. The molecule has 0 amide bonds. The van der Waals surface area contributed by atoms with Crippen LogP contribution in [0, 0.1) is 0 Å². The summed E-state index contributed by atoms with van der Waals surface area (Å²) >= 11 is 0. The molecule has 0 saturated carbocycles. The van der Waals surface area contributed by atoms with Crippen LogP contribution in [0.15, 0.2) is 0 Å². The first-order valence-corrected chi connectivity index (χ1v) is 7.84. The summed E-state index contributed by atoms with van der Waals surface area (Å²) in [5.41, 5.74) is 0. The van der Waals surface area contributed by atoms with Crippen molar-refractivity contribution in [1.29, 1.82) is 0 Å². The SMILES string of the molecule is CCCCCOP(=O)(O)CP(=O)(O)O. The zero-order chi connectivity index (χ0) is 11.2. The molecule has 0 aromatic heterocycles. The lowest BCUT2D eigenvalue weighted by Gasteiger charge is -2.12. The molecule has 0 aliphatic heterocycles. The molecule has 0 heterocycles. The van der Waals surface area contributed by atoms with E-state index in [0.29, 0.717) is 6.42 Å². The van der Waals surface area contributed by atoms with Gasteiger partial charge in [0.2, 0.25) is 0 Å². The van der Waals surface area contributed by atoms with Gasteiger partial charge >= 0.3 is 15.2 Å². The Hall–Kier alpha value is 0.300. The number of rotatable bonds is 7. The molecule has 0 saturated heterocycles. The summed E-state index contributed by atoms with van der Waals surface area (Å²) < 4.78 is 26.0. The van der Waals surface area contributed by atoms with E-state index in [1.807, 2.05) is 6.92 Å². The van der Waals surface area contributed by atoms with Gasteiger partial charge in [0.25, 0.3) is 0 Å². The highest BCUT2D eigenvalue weighted by atomic mass is 31.2. The molecule has 0 bridgehead atoms. The highest BCUT2D eigenvalue weighted by Crippen LogP contribution is 2.55. The van der Waals surface area contributed by atoms with Crippen molar-refractivity contribution in [3.63, 3.8) is 0 Å². The molecule has 6 nitrogen and oxygen atoms in total. The predicted octanol–water partition coefficient (Wildman–Crippen LogP) is 1.51. The van der Waals surface area contributed by atoms with Gasteiger partial charge in [0, 0.05) is 0 Å². The van der Waals surface area contributed by atoms with Crippen LogP contribution in [0.3, 0.4) is 0 Å². The molecule has 86 valence electrons. The molecule has 0 fully saturated rings. The summed E-state index contributed by atoms with van der Waals surface area (Å²) in [6.07, 6.45) is 2.41. The summed E-state index contributed by atoms with van der Waals surface area (Å²) in [7, 11) is -8.60. The molecular weight excluding hydrogens is 230 g/mol. The van der Waals surface area contributed by atoms with Crippen LogP contribution in [0.2, 0.25) is 0 Å². The second kappa shape index (κ2) is 6.01. The molecule has 0 aromatic rings. The fraction of sp³-hybridized carbons (Fsp3) is 1.00. The molecule has 0 radical (unpaired) electrons. The third kappa shape index (κ3) is 8.88. The highest BCUT2D eigenvalue weighted by Gasteiger charge is 2.30. The Balaban J connectivity index is 3.85. The lowest BCUT2D eigenvalue weighted by molar-refractivity contribution is 0.254. The van der Waals surface area contributed by atoms with E-state index < -0.39 is 21.1 Å². The van der Waals surface area contributed by atoms with E-state index >= 15 is 0 Å². The van der Waals surface area contributed by atoms with Crippen LogP contribution >= 0.6 is 15.2 Å². The minimum Gasteiger partial charge on any atom is -0.324 e. The van der Waals surface area contributed by atoms with Crippen LogP contribution < -0.4 is 0 Å². The molecule has 3 N–H and O–H groups in total. The zero-order valence-corrected chi connectivity index (χ0v) is 9.79. The zero-order valence-electron chi connectivity index (χ0n) is 8.00. The van der Waals surface area contributed by atoms with Gasteiger partial charge in [0.15, 0.2) is 5.90 Å². The van der Waals surface area contributed by atoms with Crippen molar-refractivity contribution < 1.29 is 28.3 Å². The lowest BCUT2D eigenvalue weighted by atomic mass is 10.3. The Morgan fingerprint density at radius 3 is 2.14 bits per heavy atom. The van der Waals surface area contributed by atoms with Gasteiger partial charge in [0.05, 0.1) is 6.61 Å². The topological polar surface area (TPSA) is 104 Å². The van der Waals surface area contributed by atoms with E-state index in [4.69, 9.17) is 14.7 Å². The van der Waals surface area contributed by atoms with E-state index in [1.54, 1.807) is 0 Å². The Morgan fingerprint density at radius 2 is 1.71 bits per heavy atom. The van der Waals surface area contributed by atoms with Crippen LogP contribution in [-0.2, 0) is 13.7 Å². The van der Waals surface area contributed by atoms with Crippen molar-refractivity contribution in [3.8, 4) is 0 Å². The smallest absolute Gasteiger partial charge is 0.324 e. The first-order valence-electron chi connectivity index (χ1n) is 4.28. The van der Waals surface area contributed by atoms with Gasteiger partial charge < -0.3 is 19.2 Å². The monoisotopic (exact) mass is 246 g/mol. The standard InChI is InChI=1S/C6H16O6P2/c1-2-3-4-5-12-14(10,11)6-13(7,8)9/h2-6H2,1H3,(H,10,11)(H2,7,8,9). The maximum atomic E-state index is 11.0. The highest BCUT2D eigenvalue weighted by molar-refractivity contribution is 7.70. The molecule has 0 aliphatic carbocycles. The number of hydrogen-bond acceptors (Lipinski definition) is 3. The van der Waals surface area contributed by atoms with Gasteiger partial charge in [-0.3, -0.25) is 9.13 Å². The normalized spacial score (nSPS) is 16.6. The number of unbranched alkanes of at least 4 members (excludes halogenated alkanes) is 2. The van der Waals surface area contributed by atoms with Gasteiger partial charge in [-0.2, -0.15) is 0 Å². The van der Waals surface area contributed by atoms with Crippen molar-refractivity contribution in [3.05, 3.63) is 0 Å². The molecule has 0 rings (SSSR count). The Labute approximate surface area is 83.0 Å². The first kappa shape index (κ1) is 14.3. The molecule has 14 heavy (non-hydrogen) atoms. The fourth-order valence-corrected chi connectivity index (χ4v) is 3.44. The summed E-state index contributed by atoms with van der Waals surface area (Å²) in [5, 5.41) is 0. The molecule has 0 aliphatic rings. The largest absolute Gasteiger partial charge is 0.340 e. The van der Waals surface area contributed by atoms with E-state index in [1.165, 1.54) is 0 Å². The van der Waals surface area contributed by atoms with Gasteiger partial charge in [-0.25, -0.2) is 0 Å². The molecule has 0 spiro atoms. The van der Waals surface area contributed by atoms with Crippen LogP contribution in [-0.4, -0.2) is 27.2 Å². The first-order chi connectivity index (χ1) is 6.27. The van der Waals surface area contributed by atoms with Crippen molar-refractivity contribution >= 4 is 15.2 Å². The number of hydrogen-bond donors (Lipinski definition) is 3. The van der Waals surface area contributed by atoms with E-state index in [0.717, 1.165) is 12.8 Å². The average molecular weight is 246 g/mol. The van der Waals surface area contributed by atoms with E-state index in [-0.39, 0.29) is 6.61 Å². The van der Waals surface area contributed by atoms with Crippen LogP contribution in [0.5, 0.6) is 0 Å². The Morgan fingerprint density at radius 1 is 1.14 bits per heavy atom. The van der Waals surface area contributed by atoms with Gasteiger partial charge in [-0.15, -0.1) is 0 Å². The maximum Gasteiger partial charge on any atom is 0.340 e. The van der Waals surface area contributed by atoms with Gasteiger partial charge in [-0.05, 0) is 6.42 Å². The third-order valence-electron chi connectivity index (χ3n) is 1.40. The maximum absolute atomic E-state index is 11.0. The van der Waals surface area contributed by atoms with Crippen molar-refractivity contribution in [1.82, 2.24) is 0 Å². The van der Waals surface area contributed by atoms with Crippen LogP contribution in [0.1, 0.15) is 26.2 Å². The Bertz CT molecular complexity index is 247. The lowest BCUT2D eigenvalue weighted by Crippen LogP contribution is -1.97. The van der Waals surface area contributed by atoms with Crippen molar-refractivity contribution in [2.45, 2.75) is 26.2 Å². The molecule has 1 atom stereocenters. The molecule has 0 aromatic carbocycles. The Kier molecular flexibility index (Phi) is 6.14. The summed E-state index contributed by atoms with van der Waals surface area (Å²) in [6, 6.07) is 0. The summed E-state index contributed by atoms with van der Waals surface area (Å²) in [4.78, 5) is 25.9. The quantitative estimate of drug-likeness (QED) is 0.464. The van der Waals surface area contributed by atoms with Crippen LogP contribution in [0.25, 0.3) is 0 Å². The summed E-state index contributed by atoms with van der Waals surface area (Å²) in [6.45, 7) is 2.02. The van der Waals surface area contributed by atoms with Crippen molar-refractivity contribution in [2.24, 2.45) is 0 Å². The van der Waals surface area contributed by atoms with Gasteiger partial charge in [0.1, 0.15) is 0 Å². The fourth-order valence-electron chi connectivity index (χ4n) is 0.833. The van der Waals surface area contributed by atoms with E-state index in [2.05, 4.69) is 4.52 Å². The third-order valence-corrected chi connectivity index (χ3v) is 4.89. The minimum atomic E-state index is -4.48. The van der Waals surface area contributed by atoms with Gasteiger partial charge in [-0.1, -0.05) is 19.8 Å². The molecule has 1 unspecified atom stereocenters. The summed E-state index contributed by atoms with van der Waals surface area (Å²) in [5.74, 6) is -1.11.